The molecule has 0 radical (unpaired) electrons. The quantitative estimate of drug-likeness (QED) is 0.0230. The van der Waals surface area contributed by atoms with Crippen LogP contribution in [0.4, 0.5) is 0 Å². The summed E-state index contributed by atoms with van der Waals surface area (Å²) in [6, 6.07) is -1.52. The van der Waals surface area contributed by atoms with Crippen molar-refractivity contribution in [3.05, 3.63) is 24.3 Å². The summed E-state index contributed by atoms with van der Waals surface area (Å²) >= 11 is 0. The summed E-state index contributed by atoms with van der Waals surface area (Å²) in [4.78, 5) is 46.1. The van der Waals surface area contributed by atoms with Crippen LogP contribution < -0.4 is 5.73 Å². The maximum atomic E-state index is 12.7. The highest BCUT2D eigenvalue weighted by Crippen LogP contribution is 2.43. The molecule has 0 aliphatic heterocycles. The van der Waals surface area contributed by atoms with E-state index in [-0.39, 0.29) is 19.4 Å². The van der Waals surface area contributed by atoms with E-state index in [1.54, 1.807) is 0 Å². The highest BCUT2D eigenvalue weighted by Gasteiger charge is 2.28. The fraction of sp³-hybridized carbons (Fsp3) is 0.854. The van der Waals surface area contributed by atoms with Gasteiger partial charge in [-0.1, -0.05) is 199 Å². The van der Waals surface area contributed by atoms with Crippen LogP contribution in [-0.2, 0) is 37.5 Å². The molecular formula is C48H90NO10P. The minimum atomic E-state index is -4.72. The van der Waals surface area contributed by atoms with Gasteiger partial charge in [0.15, 0.2) is 6.10 Å². The Hall–Kier alpha value is -2.04. The number of unbranched alkanes of at least 4 members (excludes halogenated alkanes) is 28. The molecule has 0 saturated heterocycles. The third-order valence-electron chi connectivity index (χ3n) is 10.7. The molecule has 352 valence electrons. The zero-order valence-corrected chi connectivity index (χ0v) is 39.2. The zero-order chi connectivity index (χ0) is 44.2. The van der Waals surface area contributed by atoms with Gasteiger partial charge in [-0.25, -0.2) is 4.57 Å². The number of hydrogen-bond donors (Lipinski definition) is 3. The van der Waals surface area contributed by atoms with Crippen molar-refractivity contribution in [2.75, 3.05) is 19.8 Å². The fourth-order valence-electron chi connectivity index (χ4n) is 6.86. The molecule has 0 amide bonds. The average Bonchev–Trinajstić information content (AvgIpc) is 3.22. The van der Waals surface area contributed by atoms with E-state index in [1.165, 1.54) is 135 Å². The second-order valence-electron chi connectivity index (χ2n) is 16.6. The van der Waals surface area contributed by atoms with E-state index < -0.39 is 51.1 Å². The summed E-state index contributed by atoms with van der Waals surface area (Å²) in [6.45, 7) is 2.81. The number of ether oxygens (including phenoxy) is 2. The Bertz CT molecular complexity index is 1120. The minimum absolute atomic E-state index is 0.155. The summed E-state index contributed by atoms with van der Waals surface area (Å²) < 4.78 is 32.8. The maximum Gasteiger partial charge on any atom is 0.472 e. The highest BCUT2D eigenvalue weighted by atomic mass is 31.2. The predicted molar refractivity (Wildman–Crippen MR) is 245 cm³/mol. The van der Waals surface area contributed by atoms with Crippen LogP contribution in [0.5, 0.6) is 0 Å². The first-order valence-electron chi connectivity index (χ1n) is 24.4. The normalized spacial score (nSPS) is 13.8. The van der Waals surface area contributed by atoms with Gasteiger partial charge in [0.05, 0.1) is 13.2 Å². The second-order valence-corrected chi connectivity index (χ2v) is 18.1. The van der Waals surface area contributed by atoms with E-state index >= 15 is 0 Å². The lowest BCUT2D eigenvalue weighted by atomic mass is 10.0. The van der Waals surface area contributed by atoms with Crippen LogP contribution in [0.15, 0.2) is 24.3 Å². The third-order valence-corrected chi connectivity index (χ3v) is 11.7. The van der Waals surface area contributed by atoms with Crippen molar-refractivity contribution < 1.29 is 47.5 Å². The minimum Gasteiger partial charge on any atom is -0.480 e. The van der Waals surface area contributed by atoms with E-state index in [4.69, 9.17) is 24.8 Å². The van der Waals surface area contributed by atoms with Gasteiger partial charge in [0.25, 0.3) is 0 Å². The number of phosphoric acid groups is 1. The van der Waals surface area contributed by atoms with Gasteiger partial charge < -0.3 is 25.2 Å². The molecule has 0 aromatic heterocycles. The summed E-state index contributed by atoms with van der Waals surface area (Å²) in [5.74, 6) is -2.37. The monoisotopic (exact) mass is 872 g/mol. The van der Waals surface area contributed by atoms with E-state index in [9.17, 15) is 23.8 Å². The van der Waals surface area contributed by atoms with Crippen molar-refractivity contribution in [3.8, 4) is 0 Å². The SMILES string of the molecule is CCCCC/C=C\C/C=C\CCCCCCCCCC(=O)O[C@H](COC(=O)CCCCCCCCCCCCCCCCCCCCC)COP(=O)(O)OC[C@H](N)C(=O)O. The molecule has 0 bridgehead atoms. The molecule has 0 saturated carbocycles. The van der Waals surface area contributed by atoms with Crippen LogP contribution in [0.2, 0.25) is 0 Å². The highest BCUT2D eigenvalue weighted by molar-refractivity contribution is 7.47. The summed E-state index contributed by atoms with van der Waals surface area (Å²) in [5.41, 5.74) is 5.35. The molecule has 1 unspecified atom stereocenters. The molecule has 0 rings (SSSR count). The van der Waals surface area contributed by atoms with Crippen molar-refractivity contribution in [1.82, 2.24) is 0 Å². The summed E-state index contributed by atoms with van der Waals surface area (Å²) in [6.07, 6.45) is 46.6. The third kappa shape index (κ3) is 42.6. The molecule has 60 heavy (non-hydrogen) atoms. The van der Waals surface area contributed by atoms with Gasteiger partial charge in [0.2, 0.25) is 0 Å². The number of esters is 2. The van der Waals surface area contributed by atoms with Crippen LogP contribution in [0, 0.1) is 0 Å². The number of carboxylic acids is 1. The number of nitrogens with two attached hydrogens (primary N) is 1. The Morgan fingerprint density at radius 1 is 0.517 bits per heavy atom. The number of phosphoric ester groups is 1. The lowest BCUT2D eigenvalue weighted by molar-refractivity contribution is -0.161. The Morgan fingerprint density at radius 2 is 0.883 bits per heavy atom. The Balaban J connectivity index is 4.26. The molecule has 0 aromatic rings. The standard InChI is InChI=1S/C48H90NO10P/c1-3-5-7-9-11-13-15-17-19-21-22-24-25-27-29-31-33-35-37-39-46(50)56-41-44(42-57-60(54,55)58-43-45(49)48(52)53)59-47(51)40-38-36-34-32-30-28-26-23-20-18-16-14-12-10-8-6-4-2/h12,14,18,20,44-45H,3-11,13,15-17,19,21-43,49H2,1-2H3,(H,52,53)(H,54,55)/b14-12-,20-18-/t44-,45+/m1/s1. The number of hydrogen-bond acceptors (Lipinski definition) is 9. The molecule has 0 heterocycles. The number of allylic oxidation sites excluding steroid dienone is 4. The first-order chi connectivity index (χ1) is 29.1. The molecule has 3 atom stereocenters. The first kappa shape index (κ1) is 58.0. The van der Waals surface area contributed by atoms with Gasteiger partial charge in [-0.3, -0.25) is 23.4 Å². The summed E-state index contributed by atoms with van der Waals surface area (Å²) in [5, 5.41) is 8.91. The zero-order valence-electron chi connectivity index (χ0n) is 38.3. The number of carbonyl (C=O) groups is 3. The van der Waals surface area contributed by atoms with Crippen molar-refractivity contribution in [3.63, 3.8) is 0 Å². The Kier molecular flexibility index (Phi) is 42.1. The van der Waals surface area contributed by atoms with Gasteiger partial charge in [-0.15, -0.1) is 0 Å². The molecule has 12 heteroatoms. The lowest BCUT2D eigenvalue weighted by Gasteiger charge is -2.20. The molecule has 0 aromatic carbocycles. The van der Waals surface area contributed by atoms with E-state index in [1.807, 2.05) is 0 Å². The van der Waals surface area contributed by atoms with Gasteiger partial charge in [-0.05, 0) is 44.9 Å². The van der Waals surface area contributed by atoms with Crippen LogP contribution in [0.25, 0.3) is 0 Å². The Morgan fingerprint density at radius 3 is 1.33 bits per heavy atom. The van der Waals surface area contributed by atoms with Crippen LogP contribution >= 0.6 is 7.82 Å². The van der Waals surface area contributed by atoms with E-state index in [0.29, 0.717) is 12.8 Å². The number of aliphatic carboxylic acids is 1. The Labute approximate surface area is 366 Å². The molecule has 0 aliphatic rings. The van der Waals surface area contributed by atoms with Crippen molar-refractivity contribution >= 4 is 25.7 Å². The van der Waals surface area contributed by atoms with Crippen molar-refractivity contribution in [2.45, 2.75) is 244 Å². The topological polar surface area (TPSA) is 172 Å². The van der Waals surface area contributed by atoms with Gasteiger partial charge in [-0.2, -0.15) is 0 Å². The van der Waals surface area contributed by atoms with Gasteiger partial charge >= 0.3 is 25.7 Å². The number of rotatable bonds is 46. The van der Waals surface area contributed by atoms with Crippen molar-refractivity contribution in [1.29, 1.82) is 0 Å². The number of carbonyl (C=O) groups excluding carboxylic acids is 2. The van der Waals surface area contributed by atoms with E-state index in [0.717, 1.165) is 57.8 Å². The molecular weight excluding hydrogens is 781 g/mol. The molecule has 11 nitrogen and oxygen atoms in total. The largest absolute Gasteiger partial charge is 0.480 e. The smallest absolute Gasteiger partial charge is 0.472 e. The second kappa shape index (κ2) is 43.6. The van der Waals surface area contributed by atoms with Crippen LogP contribution in [0.1, 0.15) is 232 Å². The molecule has 4 N–H and O–H groups in total. The van der Waals surface area contributed by atoms with Gasteiger partial charge in [0.1, 0.15) is 12.6 Å². The first-order valence-corrected chi connectivity index (χ1v) is 25.9. The molecule has 0 spiro atoms. The summed E-state index contributed by atoms with van der Waals surface area (Å²) in [7, 11) is -4.72. The van der Waals surface area contributed by atoms with Crippen LogP contribution in [0.3, 0.4) is 0 Å². The maximum absolute atomic E-state index is 12.7. The van der Waals surface area contributed by atoms with Gasteiger partial charge in [0, 0.05) is 12.8 Å². The van der Waals surface area contributed by atoms with E-state index in [2.05, 4.69) is 42.7 Å². The predicted octanol–water partition coefficient (Wildman–Crippen LogP) is 13.4. The van der Waals surface area contributed by atoms with Crippen molar-refractivity contribution in [2.24, 2.45) is 5.73 Å². The average molecular weight is 872 g/mol. The molecule has 0 fully saturated rings. The number of carboxylic acid groups (broad SMARTS) is 1. The lowest BCUT2D eigenvalue weighted by Crippen LogP contribution is -2.34. The fourth-order valence-corrected chi connectivity index (χ4v) is 7.64. The molecule has 0 aliphatic carbocycles. The van der Waals surface area contributed by atoms with Crippen LogP contribution in [-0.4, -0.2) is 59.9 Å².